The second-order valence-corrected chi connectivity index (χ2v) is 11.7. The molecular formula is C26H25ClF3N5O2S. The van der Waals surface area contributed by atoms with Crippen LogP contribution in [0.3, 0.4) is 0 Å². The predicted octanol–water partition coefficient (Wildman–Crippen LogP) is 4.76. The largest absolute Gasteiger partial charge is 0.350 e. The molecule has 2 aliphatic rings. The fourth-order valence-electron chi connectivity index (χ4n) is 4.75. The number of hydrogen-bond donors (Lipinski definition) is 1. The number of sulfonamides is 1. The van der Waals surface area contributed by atoms with Crippen molar-refractivity contribution >= 4 is 33.3 Å². The number of hydrazone groups is 1. The van der Waals surface area contributed by atoms with E-state index in [0.717, 1.165) is 17.7 Å². The third kappa shape index (κ3) is 4.92. The molecule has 38 heavy (non-hydrogen) atoms. The molecule has 1 aromatic heterocycles. The van der Waals surface area contributed by atoms with Gasteiger partial charge in [-0.05, 0) is 62.6 Å². The topological polar surface area (TPSA) is 77.9 Å². The highest BCUT2D eigenvalue weighted by Crippen LogP contribution is 2.46. The van der Waals surface area contributed by atoms with E-state index >= 15 is 4.39 Å². The average molecular weight is 564 g/mol. The summed E-state index contributed by atoms with van der Waals surface area (Å²) in [6.45, 7) is 4.10. The minimum Gasteiger partial charge on any atom is -0.350 e. The van der Waals surface area contributed by atoms with Gasteiger partial charge in [0.2, 0.25) is 0 Å². The maximum absolute atomic E-state index is 15.2. The fourth-order valence-corrected chi connectivity index (χ4v) is 5.70. The summed E-state index contributed by atoms with van der Waals surface area (Å²) in [4.78, 5) is 9.91. The van der Waals surface area contributed by atoms with E-state index in [1.54, 1.807) is 21.9 Å². The molecule has 12 heteroatoms. The molecular weight excluding hydrogens is 539 g/mol. The van der Waals surface area contributed by atoms with Gasteiger partial charge in [0.1, 0.15) is 11.6 Å². The highest BCUT2D eigenvalue weighted by atomic mass is 35.5. The van der Waals surface area contributed by atoms with E-state index in [4.69, 9.17) is 11.6 Å². The zero-order chi connectivity index (χ0) is 27.2. The smallest absolute Gasteiger partial charge is 0.276 e. The highest BCUT2D eigenvalue weighted by molar-refractivity contribution is 7.89. The zero-order valence-electron chi connectivity index (χ0n) is 20.7. The number of halogens is 4. The normalized spacial score (nSPS) is 17.2. The number of nitrogens with zero attached hydrogens (tertiary/aromatic N) is 4. The Hall–Kier alpha value is -3.31. The van der Waals surface area contributed by atoms with Crippen LogP contribution in [0.4, 0.5) is 19.0 Å². The molecule has 0 atom stereocenters. The van der Waals surface area contributed by atoms with E-state index in [-0.39, 0.29) is 45.8 Å². The quantitative estimate of drug-likeness (QED) is 0.275. The second-order valence-electron chi connectivity index (χ2n) is 9.63. The van der Waals surface area contributed by atoms with E-state index in [0.29, 0.717) is 19.4 Å². The molecule has 0 bridgehead atoms. The Morgan fingerprint density at radius 3 is 2.37 bits per heavy atom. The Labute approximate surface area is 224 Å². The van der Waals surface area contributed by atoms with Gasteiger partial charge in [-0.2, -0.15) is 13.2 Å². The molecule has 3 aromatic rings. The molecule has 0 unspecified atom stereocenters. The molecule has 200 valence electrons. The molecule has 2 aromatic carbocycles. The van der Waals surface area contributed by atoms with Gasteiger partial charge in [-0.25, -0.2) is 18.2 Å². The van der Waals surface area contributed by atoms with Gasteiger partial charge in [-0.15, -0.1) is 5.10 Å². The first kappa shape index (κ1) is 26.3. The van der Waals surface area contributed by atoms with Crippen LogP contribution >= 0.6 is 11.6 Å². The summed E-state index contributed by atoms with van der Waals surface area (Å²) in [5.74, 6) is -1.83. The predicted molar refractivity (Wildman–Crippen MR) is 139 cm³/mol. The van der Waals surface area contributed by atoms with E-state index in [9.17, 15) is 17.2 Å². The summed E-state index contributed by atoms with van der Waals surface area (Å²) in [5.41, 5.74) is 0.158. The number of benzene rings is 2. The van der Waals surface area contributed by atoms with Crippen LogP contribution in [0.2, 0.25) is 5.02 Å². The first-order valence-electron chi connectivity index (χ1n) is 12.0. The first-order chi connectivity index (χ1) is 18.0. The molecule has 1 spiro atoms. The summed E-state index contributed by atoms with van der Waals surface area (Å²) in [6.07, 6.45) is 2.70. The molecule has 1 aliphatic heterocycles. The van der Waals surface area contributed by atoms with Crippen molar-refractivity contribution in [3.8, 4) is 0 Å². The van der Waals surface area contributed by atoms with Crippen molar-refractivity contribution in [3.63, 3.8) is 0 Å². The monoisotopic (exact) mass is 563 g/mol. The van der Waals surface area contributed by atoms with Gasteiger partial charge in [0.05, 0.1) is 21.0 Å². The number of nitrogens with one attached hydrogen (secondary N) is 1. The van der Waals surface area contributed by atoms with Crippen LogP contribution in [0.15, 0.2) is 58.7 Å². The molecule has 5 rings (SSSR count). The molecule has 7 nitrogen and oxygen atoms in total. The van der Waals surface area contributed by atoms with Crippen LogP contribution in [0, 0.1) is 31.3 Å². The fraction of sp³-hybridized carbons (Fsp3) is 0.308. The van der Waals surface area contributed by atoms with Crippen LogP contribution in [-0.4, -0.2) is 49.3 Å². The number of amidine groups is 1. The lowest BCUT2D eigenvalue weighted by atomic mass is 10.0. The van der Waals surface area contributed by atoms with Gasteiger partial charge in [-0.1, -0.05) is 29.3 Å². The number of hydrogen-bond acceptors (Lipinski definition) is 5. The highest BCUT2D eigenvalue weighted by Gasteiger charge is 2.53. The van der Waals surface area contributed by atoms with Crippen molar-refractivity contribution in [2.24, 2.45) is 5.10 Å². The van der Waals surface area contributed by atoms with Crippen molar-refractivity contribution < 1.29 is 21.6 Å². The van der Waals surface area contributed by atoms with Crippen LogP contribution in [0.5, 0.6) is 0 Å². The Morgan fingerprint density at radius 1 is 1.03 bits per heavy atom. The maximum atomic E-state index is 15.2. The Balaban J connectivity index is 1.53. The van der Waals surface area contributed by atoms with Crippen LogP contribution in [0.1, 0.15) is 29.5 Å². The third-order valence-electron chi connectivity index (χ3n) is 7.00. The van der Waals surface area contributed by atoms with Gasteiger partial charge < -0.3 is 9.80 Å². The third-order valence-corrected chi connectivity index (χ3v) is 8.43. The van der Waals surface area contributed by atoms with E-state index in [1.807, 2.05) is 6.92 Å². The lowest BCUT2D eigenvalue weighted by Gasteiger charge is -2.44. The molecule has 1 aliphatic carbocycles. The molecule has 2 heterocycles. The standard InChI is InChI=1S/C26H25ClF3N5O2S/c1-16-3-5-19(6-4-16)38(36,37)33-32-25(23-17(2)20(28)7-8-21(23)29)35-12-11-34(15-26(35)9-10-26)24-22(30)13-18(27)14-31-24/h3-8,13-14,33H,9-12,15H2,1-2H3/b32-25-. The lowest BCUT2D eigenvalue weighted by Crippen LogP contribution is -2.58. The van der Waals surface area contributed by atoms with Gasteiger partial charge >= 0.3 is 0 Å². The molecule has 1 saturated carbocycles. The van der Waals surface area contributed by atoms with Crippen LogP contribution in [-0.2, 0) is 10.0 Å². The number of anilines is 1. The van der Waals surface area contributed by atoms with Gasteiger partial charge in [0, 0.05) is 25.8 Å². The van der Waals surface area contributed by atoms with Gasteiger partial charge in [0.15, 0.2) is 17.5 Å². The summed E-state index contributed by atoms with van der Waals surface area (Å²) in [7, 11) is -4.10. The number of pyridine rings is 1. The van der Waals surface area contributed by atoms with Crippen molar-refractivity contribution in [1.82, 2.24) is 14.7 Å². The van der Waals surface area contributed by atoms with Crippen LogP contribution in [0.25, 0.3) is 0 Å². The minimum absolute atomic E-state index is 0.00178. The summed E-state index contributed by atoms with van der Waals surface area (Å²) in [6, 6.07) is 9.38. The molecule has 2 fully saturated rings. The Kier molecular flexibility index (Phi) is 6.77. The Bertz CT molecular complexity index is 1530. The molecule has 0 radical (unpaired) electrons. The Morgan fingerprint density at radius 2 is 1.71 bits per heavy atom. The number of aryl methyl sites for hydroxylation is 1. The van der Waals surface area contributed by atoms with Crippen molar-refractivity contribution in [2.75, 3.05) is 24.5 Å². The van der Waals surface area contributed by atoms with E-state index in [2.05, 4.69) is 14.9 Å². The summed E-state index contributed by atoms with van der Waals surface area (Å²) < 4.78 is 70.4. The van der Waals surface area contributed by atoms with Crippen molar-refractivity contribution in [2.45, 2.75) is 37.1 Å². The molecule has 1 N–H and O–H groups in total. The summed E-state index contributed by atoms with van der Waals surface area (Å²) >= 11 is 5.86. The molecule has 1 saturated heterocycles. The SMILES string of the molecule is Cc1ccc(S(=O)(=O)N/N=C(/c2c(F)ccc(F)c2C)N2CCN(c3ncc(Cl)cc3F)CC23CC3)cc1. The van der Waals surface area contributed by atoms with Crippen molar-refractivity contribution in [1.29, 1.82) is 0 Å². The second kappa shape index (κ2) is 9.77. The molecule has 0 amide bonds. The number of piperazine rings is 1. The zero-order valence-corrected chi connectivity index (χ0v) is 22.3. The van der Waals surface area contributed by atoms with Gasteiger partial charge in [-0.3, -0.25) is 0 Å². The van der Waals surface area contributed by atoms with Gasteiger partial charge in [0.25, 0.3) is 10.0 Å². The maximum Gasteiger partial charge on any atom is 0.276 e. The van der Waals surface area contributed by atoms with E-state index in [1.165, 1.54) is 31.3 Å². The summed E-state index contributed by atoms with van der Waals surface area (Å²) in [5, 5.41) is 4.36. The van der Waals surface area contributed by atoms with E-state index < -0.39 is 33.0 Å². The minimum atomic E-state index is -4.10. The average Bonchev–Trinajstić information content (AvgIpc) is 3.63. The van der Waals surface area contributed by atoms with Crippen LogP contribution < -0.4 is 9.73 Å². The lowest BCUT2D eigenvalue weighted by molar-refractivity contribution is 0.257. The first-order valence-corrected chi connectivity index (χ1v) is 13.8. The number of rotatable bonds is 5. The number of aromatic nitrogens is 1. The van der Waals surface area contributed by atoms with Crippen molar-refractivity contribution in [3.05, 3.63) is 87.8 Å².